The van der Waals surface area contributed by atoms with Crippen molar-refractivity contribution in [3.8, 4) is 5.75 Å². The molecule has 0 saturated carbocycles. The quantitative estimate of drug-likeness (QED) is 0.487. The summed E-state index contributed by atoms with van der Waals surface area (Å²) in [4.78, 5) is 41.4. The van der Waals surface area contributed by atoms with Crippen LogP contribution in [0.15, 0.2) is 47.0 Å². The molecule has 3 aromatic rings. The van der Waals surface area contributed by atoms with Gasteiger partial charge in [-0.1, -0.05) is 23.4 Å². The zero-order valence-corrected chi connectivity index (χ0v) is 22.5. The van der Waals surface area contributed by atoms with E-state index >= 15 is 0 Å². The molecule has 0 fully saturated rings. The number of para-hydroxylation sites is 2. The number of alkyl halides is 3. The van der Waals surface area contributed by atoms with Gasteiger partial charge in [0.1, 0.15) is 30.0 Å². The van der Waals surface area contributed by atoms with Crippen molar-refractivity contribution in [1.82, 2.24) is 15.4 Å². The van der Waals surface area contributed by atoms with Crippen LogP contribution >= 0.6 is 0 Å². The van der Waals surface area contributed by atoms with Gasteiger partial charge in [-0.3, -0.25) is 14.5 Å². The normalized spacial score (nSPS) is 16.6. The predicted octanol–water partition coefficient (Wildman–Crippen LogP) is 4.51. The Morgan fingerprint density at radius 1 is 1.18 bits per heavy atom. The minimum absolute atomic E-state index is 0.137. The van der Waals surface area contributed by atoms with Crippen LogP contribution in [-0.4, -0.2) is 59.3 Å². The van der Waals surface area contributed by atoms with E-state index in [1.165, 1.54) is 26.1 Å². The van der Waals surface area contributed by atoms with E-state index in [2.05, 4.69) is 10.5 Å². The second-order valence-electron chi connectivity index (χ2n) is 10.3. The average Bonchev–Trinajstić information content (AvgIpc) is 3.23. The van der Waals surface area contributed by atoms with Crippen LogP contribution in [0, 0.1) is 0 Å². The van der Waals surface area contributed by atoms with Crippen LogP contribution in [-0.2, 0) is 27.0 Å². The van der Waals surface area contributed by atoms with Gasteiger partial charge in [0.2, 0.25) is 5.91 Å². The Labute approximate surface area is 228 Å². The van der Waals surface area contributed by atoms with Gasteiger partial charge in [0, 0.05) is 12.4 Å². The molecule has 1 N–H and O–H groups in total. The fourth-order valence-electron chi connectivity index (χ4n) is 4.09. The monoisotopic (exact) mass is 562 g/mol. The molecular weight excluding hydrogens is 533 g/mol. The summed E-state index contributed by atoms with van der Waals surface area (Å²) in [6, 6.07) is 7.73. The fourth-order valence-corrected chi connectivity index (χ4v) is 4.09. The highest BCUT2D eigenvalue weighted by Gasteiger charge is 2.41. The third-order valence-electron chi connectivity index (χ3n) is 6.27. The van der Waals surface area contributed by atoms with Crippen LogP contribution in [0.3, 0.4) is 0 Å². The third-order valence-corrected chi connectivity index (χ3v) is 6.27. The average molecular weight is 563 g/mol. The van der Waals surface area contributed by atoms with E-state index in [4.69, 9.17) is 14.0 Å². The summed E-state index contributed by atoms with van der Waals surface area (Å²) in [6.45, 7) is 5.60. The number of amides is 3. The molecule has 2 atom stereocenters. The number of rotatable bonds is 5. The van der Waals surface area contributed by atoms with E-state index in [0.29, 0.717) is 16.7 Å². The zero-order chi connectivity index (χ0) is 29.4. The van der Waals surface area contributed by atoms with E-state index < -0.39 is 59.7 Å². The molecule has 214 valence electrons. The lowest BCUT2D eigenvalue weighted by atomic mass is 10.1. The third kappa shape index (κ3) is 5.97. The molecule has 13 heteroatoms. The summed E-state index contributed by atoms with van der Waals surface area (Å²) in [5, 5.41) is 7.10. The number of carbonyl (C=O) groups is 3. The second-order valence-corrected chi connectivity index (χ2v) is 10.3. The summed E-state index contributed by atoms with van der Waals surface area (Å²) in [5.74, 6) is -2.01. The summed E-state index contributed by atoms with van der Waals surface area (Å²) >= 11 is 0. The maximum atomic E-state index is 13.9. The molecule has 1 aliphatic heterocycles. The van der Waals surface area contributed by atoms with E-state index in [1.807, 2.05) is 0 Å². The number of nitrogens with one attached hydrogen (secondary N) is 1. The molecule has 0 unspecified atom stereocenters. The molecule has 3 amide bonds. The van der Waals surface area contributed by atoms with Crippen molar-refractivity contribution < 1.29 is 41.6 Å². The van der Waals surface area contributed by atoms with Crippen molar-refractivity contribution in [1.29, 1.82) is 0 Å². The Balaban J connectivity index is 1.66. The minimum Gasteiger partial charge on any atom is -0.488 e. The summed E-state index contributed by atoms with van der Waals surface area (Å²) in [6.07, 6.45) is -5.53. The van der Waals surface area contributed by atoms with Crippen molar-refractivity contribution in [2.24, 2.45) is 0 Å². The van der Waals surface area contributed by atoms with Crippen LogP contribution < -0.4 is 15.0 Å². The Kier molecular flexibility index (Phi) is 7.68. The Morgan fingerprint density at radius 3 is 2.55 bits per heavy atom. The molecule has 0 bridgehead atoms. The smallest absolute Gasteiger partial charge is 0.420 e. The zero-order valence-electron chi connectivity index (χ0n) is 22.5. The van der Waals surface area contributed by atoms with Gasteiger partial charge >= 0.3 is 12.3 Å². The fraction of sp³-hybridized carbons (Fsp3) is 0.407. The van der Waals surface area contributed by atoms with Crippen LogP contribution in [0.2, 0.25) is 0 Å². The van der Waals surface area contributed by atoms with Gasteiger partial charge in [0.15, 0.2) is 11.3 Å². The van der Waals surface area contributed by atoms with E-state index in [0.717, 1.165) is 15.9 Å². The molecule has 2 aromatic carbocycles. The van der Waals surface area contributed by atoms with Crippen LogP contribution in [0.1, 0.15) is 39.0 Å². The molecular formula is C27H29F3N4O6. The number of likely N-dealkylation sites (N-methyl/N-ethyl adjacent to an activating group) is 1. The van der Waals surface area contributed by atoms with Crippen LogP contribution in [0.5, 0.6) is 5.75 Å². The molecule has 40 heavy (non-hydrogen) atoms. The highest BCUT2D eigenvalue weighted by Crippen LogP contribution is 2.43. The predicted molar refractivity (Wildman–Crippen MR) is 138 cm³/mol. The lowest BCUT2D eigenvalue weighted by molar-refractivity contribution is -0.139. The maximum Gasteiger partial charge on any atom is 0.420 e. The molecule has 0 spiro atoms. The molecule has 4 rings (SSSR count). The largest absolute Gasteiger partial charge is 0.488 e. The Bertz CT molecular complexity index is 1430. The molecule has 2 heterocycles. The Morgan fingerprint density at radius 2 is 1.88 bits per heavy atom. The molecule has 10 nitrogen and oxygen atoms in total. The molecule has 0 radical (unpaired) electrons. The topological polar surface area (TPSA) is 114 Å². The molecule has 0 saturated heterocycles. The van der Waals surface area contributed by atoms with Crippen molar-refractivity contribution in [3.05, 3.63) is 53.7 Å². The number of nitrogens with zero attached hydrogens (tertiary/aromatic N) is 3. The summed E-state index contributed by atoms with van der Waals surface area (Å²) in [7, 11) is 1.36. The van der Waals surface area contributed by atoms with Gasteiger partial charge in [0.05, 0.1) is 17.8 Å². The van der Waals surface area contributed by atoms with E-state index in [-0.39, 0.29) is 12.2 Å². The summed E-state index contributed by atoms with van der Waals surface area (Å²) in [5.41, 5.74) is -1.28. The Hall–Kier alpha value is -4.29. The number of hydrogen-bond donors (Lipinski definition) is 1. The number of benzene rings is 2. The van der Waals surface area contributed by atoms with Gasteiger partial charge in [-0.25, -0.2) is 4.79 Å². The lowest BCUT2D eigenvalue weighted by Gasteiger charge is -2.29. The van der Waals surface area contributed by atoms with Crippen molar-refractivity contribution >= 4 is 34.6 Å². The van der Waals surface area contributed by atoms with Crippen molar-refractivity contribution in [2.75, 3.05) is 18.6 Å². The standard InChI is InChI=1S/C27H29F3N4O6/c1-15(33(5)25(37)39-26(2,3)4)23(35)31-19-14-38-22-17(27(28,29)30)10-8-11-20(22)34(24(19)36)13-18-16-9-6-7-12-21(16)40-32-18/h6-12,15,19H,13-14H2,1-5H3,(H,31,35)/t15-,19-/m0/s1. The lowest BCUT2D eigenvalue weighted by Crippen LogP contribution is -2.55. The number of aromatic nitrogens is 1. The second kappa shape index (κ2) is 10.7. The van der Waals surface area contributed by atoms with Crippen molar-refractivity contribution in [2.45, 2.75) is 58.1 Å². The number of halogens is 3. The first-order valence-electron chi connectivity index (χ1n) is 12.4. The van der Waals surface area contributed by atoms with Crippen molar-refractivity contribution in [3.63, 3.8) is 0 Å². The van der Waals surface area contributed by atoms with Gasteiger partial charge < -0.3 is 24.2 Å². The first kappa shape index (κ1) is 28.7. The van der Waals surface area contributed by atoms with E-state index in [9.17, 15) is 27.6 Å². The number of fused-ring (bicyclic) bond motifs is 2. The van der Waals surface area contributed by atoms with Crippen LogP contribution in [0.25, 0.3) is 11.0 Å². The minimum atomic E-state index is -4.77. The first-order chi connectivity index (χ1) is 18.7. The first-order valence-corrected chi connectivity index (χ1v) is 12.4. The maximum absolute atomic E-state index is 13.9. The van der Waals surface area contributed by atoms with Gasteiger partial charge in [-0.15, -0.1) is 0 Å². The van der Waals surface area contributed by atoms with E-state index in [1.54, 1.807) is 45.0 Å². The number of anilines is 1. The molecule has 1 aromatic heterocycles. The SMILES string of the molecule is C[C@@H](C(=O)N[C@H]1COc2c(cccc2C(F)(F)F)N(Cc2noc3ccccc23)C1=O)N(C)C(=O)OC(C)(C)C. The van der Waals surface area contributed by atoms with Crippen LogP contribution in [0.4, 0.5) is 23.7 Å². The number of hydrogen-bond acceptors (Lipinski definition) is 7. The number of ether oxygens (including phenoxy) is 2. The van der Waals surface area contributed by atoms with Gasteiger partial charge in [-0.2, -0.15) is 13.2 Å². The highest BCUT2D eigenvalue weighted by molar-refractivity contribution is 6.02. The highest BCUT2D eigenvalue weighted by atomic mass is 19.4. The summed E-state index contributed by atoms with van der Waals surface area (Å²) < 4.78 is 57.8. The molecule has 0 aliphatic carbocycles. The molecule has 1 aliphatic rings. The van der Waals surface area contributed by atoms with Gasteiger partial charge in [0.25, 0.3) is 5.91 Å². The number of carbonyl (C=O) groups excluding carboxylic acids is 3. The van der Waals surface area contributed by atoms with Gasteiger partial charge in [-0.05, 0) is 52.0 Å².